The molecule has 3 heteroatoms. The molecule has 0 amide bonds. The fourth-order valence-corrected chi connectivity index (χ4v) is 4.68. The highest BCUT2D eigenvalue weighted by molar-refractivity contribution is 6.16. The Morgan fingerprint density at radius 1 is 0.938 bits per heavy atom. The van der Waals surface area contributed by atoms with E-state index in [1.807, 2.05) is 36.4 Å². The van der Waals surface area contributed by atoms with E-state index >= 15 is 0 Å². The molecular weight excluding hydrogens is 392 g/mol. The van der Waals surface area contributed by atoms with Crippen molar-refractivity contribution in [1.82, 2.24) is 0 Å². The third-order valence-electron chi connectivity index (χ3n) is 6.24. The second-order valence-electron chi connectivity index (χ2n) is 8.63. The number of benzene rings is 3. The Labute approximate surface area is 188 Å². The van der Waals surface area contributed by atoms with Crippen molar-refractivity contribution in [2.24, 2.45) is 7.05 Å². The molecule has 0 saturated heterocycles. The van der Waals surface area contributed by atoms with Crippen LogP contribution in [0.1, 0.15) is 30.9 Å². The number of hydrogen-bond donors (Lipinski definition) is 0. The van der Waals surface area contributed by atoms with Crippen LogP contribution in [-0.2, 0) is 7.05 Å². The Morgan fingerprint density at radius 3 is 2.38 bits per heavy atom. The molecule has 5 rings (SSSR count). The van der Waals surface area contributed by atoms with Crippen LogP contribution < -0.4 is 4.57 Å². The number of hydrogen-bond acceptors (Lipinski definition) is 1. The summed E-state index contributed by atoms with van der Waals surface area (Å²) in [5.41, 5.74) is 8.64. The normalized spacial score (nSPS) is 11.4. The van der Waals surface area contributed by atoms with Gasteiger partial charge >= 0.3 is 0 Å². The highest BCUT2D eigenvalue weighted by Gasteiger charge is 2.25. The number of rotatable bonds is 3. The predicted octanol–water partition coefficient (Wildman–Crippen LogP) is 7.73. The Morgan fingerprint density at radius 2 is 1.69 bits per heavy atom. The second kappa shape index (κ2) is 7.66. The van der Waals surface area contributed by atoms with Crippen molar-refractivity contribution in [1.29, 1.82) is 0 Å². The smallest absolute Gasteiger partial charge is 0.237 e. The minimum atomic E-state index is 0.334. The lowest BCUT2D eigenvalue weighted by molar-refractivity contribution is -0.660. The van der Waals surface area contributed by atoms with E-state index in [1.165, 1.54) is 11.1 Å². The van der Waals surface area contributed by atoms with Crippen molar-refractivity contribution in [3.63, 3.8) is 0 Å². The molecule has 0 aliphatic heterocycles. The first-order valence-electron chi connectivity index (χ1n) is 10.9. The van der Waals surface area contributed by atoms with Gasteiger partial charge in [-0.25, -0.2) is 9.41 Å². The van der Waals surface area contributed by atoms with E-state index in [-0.39, 0.29) is 0 Å². The van der Waals surface area contributed by atoms with Crippen LogP contribution in [-0.4, -0.2) is 0 Å². The van der Waals surface area contributed by atoms with Gasteiger partial charge in [0.15, 0.2) is 6.20 Å². The van der Waals surface area contributed by atoms with E-state index < -0.39 is 0 Å². The zero-order valence-corrected chi connectivity index (χ0v) is 18.8. The Kier molecular flexibility index (Phi) is 4.79. The van der Waals surface area contributed by atoms with Gasteiger partial charge in [0.05, 0.1) is 12.1 Å². The first-order valence-corrected chi connectivity index (χ1v) is 10.9. The van der Waals surface area contributed by atoms with Crippen LogP contribution in [0, 0.1) is 13.5 Å². The van der Waals surface area contributed by atoms with Gasteiger partial charge in [-0.05, 0) is 41.2 Å². The van der Waals surface area contributed by atoms with Crippen LogP contribution in [0.4, 0.5) is 5.69 Å². The molecule has 5 aromatic rings. The van der Waals surface area contributed by atoms with Crippen LogP contribution in [0.15, 0.2) is 77.3 Å². The van der Waals surface area contributed by atoms with Crippen LogP contribution in [0.5, 0.6) is 0 Å². The maximum absolute atomic E-state index is 7.98. The maximum atomic E-state index is 7.98. The van der Waals surface area contributed by atoms with E-state index in [4.69, 9.17) is 11.0 Å². The monoisotopic (exact) mass is 417 g/mol. The molecule has 156 valence electrons. The standard InChI is InChI=1S/C29H25N2O/c1-18(2)23-17-19(3)25(24-13-9-10-16-31(24)5)29-26(23)22-15-14-21(20-11-7-6-8-12-20)27(30-4)28(22)32-29/h6-18H,1-3,5H3/q+1. The molecule has 0 N–H and O–H groups in total. The largest absolute Gasteiger partial charge is 0.466 e. The molecule has 0 spiro atoms. The summed E-state index contributed by atoms with van der Waals surface area (Å²) in [4.78, 5) is 3.94. The van der Waals surface area contributed by atoms with E-state index in [9.17, 15) is 0 Å². The Hall–Kier alpha value is -3.90. The lowest BCUT2D eigenvalue weighted by atomic mass is 9.90. The summed E-state index contributed by atoms with van der Waals surface area (Å²) < 4.78 is 8.74. The van der Waals surface area contributed by atoms with E-state index in [0.29, 0.717) is 17.2 Å². The van der Waals surface area contributed by atoms with Crippen LogP contribution in [0.2, 0.25) is 0 Å². The predicted molar refractivity (Wildman–Crippen MR) is 131 cm³/mol. The van der Waals surface area contributed by atoms with Gasteiger partial charge in [0, 0.05) is 22.9 Å². The lowest BCUT2D eigenvalue weighted by Gasteiger charge is -2.12. The Balaban J connectivity index is 1.95. The van der Waals surface area contributed by atoms with E-state index in [0.717, 1.165) is 38.7 Å². The molecule has 0 atom stereocenters. The summed E-state index contributed by atoms with van der Waals surface area (Å²) in [6.45, 7) is 14.6. The van der Waals surface area contributed by atoms with Crippen LogP contribution >= 0.6 is 0 Å². The van der Waals surface area contributed by atoms with Gasteiger partial charge in [-0.15, -0.1) is 0 Å². The molecule has 0 aliphatic rings. The fraction of sp³-hybridized carbons (Fsp3) is 0.172. The number of fused-ring (bicyclic) bond motifs is 3. The lowest BCUT2D eigenvalue weighted by Crippen LogP contribution is -2.30. The van der Waals surface area contributed by atoms with Crippen LogP contribution in [0.25, 0.3) is 49.2 Å². The van der Waals surface area contributed by atoms with Crippen molar-refractivity contribution >= 4 is 27.6 Å². The molecule has 3 nitrogen and oxygen atoms in total. The first kappa shape index (κ1) is 20.0. The zero-order chi connectivity index (χ0) is 22.4. The van der Waals surface area contributed by atoms with Crippen molar-refractivity contribution in [2.45, 2.75) is 26.7 Å². The number of aromatic nitrogens is 1. The summed E-state index contributed by atoms with van der Waals surface area (Å²) in [6, 6.07) is 22.7. The SMILES string of the molecule is [C-]#[N+]c1c(-c2ccccc2)ccc2c1oc1c(-c3cccc[n+]3C)c(C)cc(C(C)C)c12. The van der Waals surface area contributed by atoms with Gasteiger partial charge in [-0.3, -0.25) is 0 Å². The summed E-state index contributed by atoms with van der Waals surface area (Å²) in [5, 5.41) is 2.12. The van der Waals surface area contributed by atoms with Gasteiger partial charge in [0.2, 0.25) is 11.4 Å². The van der Waals surface area contributed by atoms with Gasteiger partial charge in [0.1, 0.15) is 18.2 Å². The van der Waals surface area contributed by atoms with Gasteiger partial charge in [0.25, 0.3) is 0 Å². The molecule has 0 unspecified atom stereocenters. The molecule has 0 radical (unpaired) electrons. The number of nitrogens with zero attached hydrogens (tertiary/aromatic N) is 2. The van der Waals surface area contributed by atoms with Gasteiger partial charge < -0.3 is 4.42 Å². The summed E-state index contributed by atoms with van der Waals surface area (Å²) in [5.74, 6) is 0.334. The molecule has 0 aliphatic carbocycles. The fourth-order valence-electron chi connectivity index (χ4n) is 4.68. The first-order chi connectivity index (χ1) is 15.5. The zero-order valence-electron chi connectivity index (χ0n) is 18.8. The number of furan rings is 1. The van der Waals surface area contributed by atoms with Crippen molar-refractivity contribution in [3.8, 4) is 22.4 Å². The maximum Gasteiger partial charge on any atom is 0.237 e. The quantitative estimate of drug-likeness (QED) is 0.217. The minimum Gasteiger partial charge on any atom is -0.466 e. The average molecular weight is 418 g/mol. The summed E-state index contributed by atoms with van der Waals surface area (Å²) in [6.07, 6.45) is 2.05. The van der Waals surface area contributed by atoms with Crippen LogP contribution in [0.3, 0.4) is 0 Å². The van der Waals surface area contributed by atoms with E-state index in [1.54, 1.807) is 0 Å². The molecule has 2 heterocycles. The molecule has 0 saturated carbocycles. The molecule has 0 fully saturated rings. The molecule has 2 aromatic heterocycles. The Bertz CT molecular complexity index is 1520. The highest BCUT2D eigenvalue weighted by Crippen LogP contribution is 2.46. The molecular formula is C29H25N2O+. The highest BCUT2D eigenvalue weighted by atomic mass is 16.3. The number of pyridine rings is 1. The second-order valence-corrected chi connectivity index (χ2v) is 8.63. The van der Waals surface area contributed by atoms with Crippen molar-refractivity contribution < 1.29 is 8.98 Å². The third-order valence-corrected chi connectivity index (χ3v) is 6.24. The van der Waals surface area contributed by atoms with Crippen molar-refractivity contribution in [3.05, 3.63) is 95.5 Å². The van der Waals surface area contributed by atoms with Gasteiger partial charge in [-0.1, -0.05) is 62.4 Å². The third kappa shape index (κ3) is 2.99. The molecule has 0 bridgehead atoms. The minimum absolute atomic E-state index is 0.334. The number of aryl methyl sites for hydroxylation is 2. The molecule has 3 aromatic carbocycles. The topological polar surface area (TPSA) is 21.4 Å². The van der Waals surface area contributed by atoms with E-state index in [2.05, 4.69) is 73.8 Å². The summed E-state index contributed by atoms with van der Waals surface area (Å²) in [7, 11) is 2.05. The molecule has 32 heavy (non-hydrogen) atoms. The average Bonchev–Trinajstić information content (AvgIpc) is 3.18. The van der Waals surface area contributed by atoms with Crippen molar-refractivity contribution in [2.75, 3.05) is 0 Å². The summed E-state index contributed by atoms with van der Waals surface area (Å²) >= 11 is 0. The van der Waals surface area contributed by atoms with Gasteiger partial charge in [-0.2, -0.15) is 0 Å².